The molecule has 0 bridgehead atoms. The molecule has 1 aliphatic heterocycles. The van der Waals surface area contributed by atoms with Crippen LogP contribution in [0.4, 0.5) is 0 Å². The molecule has 1 saturated heterocycles. The Balaban J connectivity index is 2.34. The van der Waals surface area contributed by atoms with E-state index in [4.69, 9.17) is 4.42 Å². The van der Waals surface area contributed by atoms with Gasteiger partial charge in [0, 0.05) is 6.04 Å². The summed E-state index contributed by atoms with van der Waals surface area (Å²) in [6, 6.07) is 0.0706. The third-order valence-electron chi connectivity index (χ3n) is 2.65. The second-order valence-electron chi connectivity index (χ2n) is 3.60. The zero-order valence-electron chi connectivity index (χ0n) is 8.12. The molecule has 1 aromatic heterocycles. The molecule has 78 valence electrons. The van der Waals surface area contributed by atoms with Crippen LogP contribution in [0.1, 0.15) is 24.6 Å². The minimum Gasteiger partial charge on any atom is -0.492 e. The van der Waals surface area contributed by atoms with E-state index >= 15 is 0 Å². The van der Waals surface area contributed by atoms with Gasteiger partial charge in [0.25, 0.3) is 0 Å². The fourth-order valence-electron chi connectivity index (χ4n) is 1.87. The molecule has 2 N–H and O–H groups in total. The van der Waals surface area contributed by atoms with Crippen molar-refractivity contribution in [1.29, 1.82) is 0 Å². The standard InChI is InChI=1S/C9H14N2O3/c1-6-8(12)11(9(13)14-6)7-2-4-10-5-3-7/h7,10,12H,2-5H2,1H3. The van der Waals surface area contributed by atoms with Crippen LogP contribution in [0.25, 0.3) is 0 Å². The molecule has 0 saturated carbocycles. The van der Waals surface area contributed by atoms with Crippen LogP contribution in [-0.4, -0.2) is 22.8 Å². The molecular weight excluding hydrogens is 184 g/mol. The van der Waals surface area contributed by atoms with E-state index in [1.54, 1.807) is 6.92 Å². The van der Waals surface area contributed by atoms with Crippen molar-refractivity contribution >= 4 is 0 Å². The summed E-state index contributed by atoms with van der Waals surface area (Å²) in [4.78, 5) is 11.4. The average molecular weight is 198 g/mol. The van der Waals surface area contributed by atoms with E-state index in [2.05, 4.69) is 5.32 Å². The lowest BCUT2D eigenvalue weighted by molar-refractivity contribution is 0.310. The van der Waals surface area contributed by atoms with Gasteiger partial charge >= 0.3 is 5.76 Å². The molecule has 0 aliphatic carbocycles. The van der Waals surface area contributed by atoms with Crippen LogP contribution < -0.4 is 11.1 Å². The largest absolute Gasteiger partial charge is 0.492 e. The SMILES string of the molecule is Cc1oc(=O)n(C2CCNCC2)c1O. The lowest BCUT2D eigenvalue weighted by Gasteiger charge is -2.22. The smallest absolute Gasteiger partial charge is 0.422 e. The average Bonchev–Trinajstić information content (AvgIpc) is 2.43. The topological polar surface area (TPSA) is 67.4 Å². The second kappa shape index (κ2) is 3.49. The van der Waals surface area contributed by atoms with Crippen molar-refractivity contribution in [2.45, 2.75) is 25.8 Å². The number of rotatable bonds is 1. The Bertz CT molecular complexity index is 374. The number of hydrogen-bond acceptors (Lipinski definition) is 4. The van der Waals surface area contributed by atoms with Crippen LogP contribution in [-0.2, 0) is 0 Å². The molecule has 0 spiro atoms. The summed E-state index contributed by atoms with van der Waals surface area (Å²) in [6.45, 7) is 3.34. The van der Waals surface area contributed by atoms with Crippen molar-refractivity contribution in [2.75, 3.05) is 13.1 Å². The normalized spacial score (nSPS) is 18.6. The number of nitrogens with one attached hydrogen (secondary N) is 1. The predicted molar refractivity (Wildman–Crippen MR) is 50.5 cm³/mol. The van der Waals surface area contributed by atoms with E-state index in [1.807, 2.05) is 0 Å². The summed E-state index contributed by atoms with van der Waals surface area (Å²) in [5.74, 6) is -0.178. The van der Waals surface area contributed by atoms with Gasteiger partial charge in [0.15, 0.2) is 5.76 Å². The highest BCUT2D eigenvalue weighted by Gasteiger charge is 2.22. The van der Waals surface area contributed by atoms with Crippen LogP contribution in [0.5, 0.6) is 5.88 Å². The fourth-order valence-corrected chi connectivity index (χ4v) is 1.87. The van der Waals surface area contributed by atoms with Crippen LogP contribution in [0.15, 0.2) is 9.21 Å². The summed E-state index contributed by atoms with van der Waals surface area (Å²) in [5, 5.41) is 12.8. The summed E-state index contributed by atoms with van der Waals surface area (Å²) in [7, 11) is 0. The molecule has 1 fully saturated rings. The number of nitrogens with zero attached hydrogens (tertiary/aromatic N) is 1. The maximum Gasteiger partial charge on any atom is 0.422 e. The summed E-state index contributed by atoms with van der Waals surface area (Å²) in [5.41, 5.74) is 0. The van der Waals surface area contributed by atoms with Gasteiger partial charge in [-0.25, -0.2) is 9.36 Å². The Morgan fingerprint density at radius 1 is 1.50 bits per heavy atom. The first-order valence-electron chi connectivity index (χ1n) is 4.81. The van der Waals surface area contributed by atoms with Crippen molar-refractivity contribution in [3.63, 3.8) is 0 Å². The molecule has 1 aliphatic rings. The van der Waals surface area contributed by atoms with Gasteiger partial charge in [0.2, 0.25) is 5.88 Å². The number of aromatic nitrogens is 1. The quantitative estimate of drug-likeness (QED) is 0.684. The number of oxazole rings is 1. The summed E-state index contributed by atoms with van der Waals surface area (Å²) in [6.07, 6.45) is 1.71. The Hall–Kier alpha value is -1.23. The third-order valence-corrected chi connectivity index (χ3v) is 2.65. The first kappa shape index (κ1) is 9.33. The fraction of sp³-hybridized carbons (Fsp3) is 0.667. The van der Waals surface area contributed by atoms with E-state index in [-0.39, 0.29) is 11.9 Å². The molecule has 0 unspecified atom stereocenters. The number of piperidine rings is 1. The van der Waals surface area contributed by atoms with Gasteiger partial charge in [-0.05, 0) is 32.9 Å². The van der Waals surface area contributed by atoms with Gasteiger partial charge in [-0.3, -0.25) is 0 Å². The summed E-state index contributed by atoms with van der Waals surface area (Å²) < 4.78 is 6.19. The maximum absolute atomic E-state index is 11.4. The van der Waals surface area contributed by atoms with Crippen molar-refractivity contribution in [2.24, 2.45) is 0 Å². The third kappa shape index (κ3) is 1.43. The highest BCUT2D eigenvalue weighted by atomic mass is 16.4. The Labute approximate surface area is 81.3 Å². The molecule has 2 rings (SSSR count). The van der Waals surface area contributed by atoms with E-state index in [9.17, 15) is 9.90 Å². The van der Waals surface area contributed by atoms with Crippen LogP contribution >= 0.6 is 0 Å². The Morgan fingerprint density at radius 2 is 2.14 bits per heavy atom. The van der Waals surface area contributed by atoms with Crippen LogP contribution in [0.3, 0.4) is 0 Å². The summed E-state index contributed by atoms with van der Waals surface area (Å²) >= 11 is 0. The molecule has 0 aromatic carbocycles. The van der Waals surface area contributed by atoms with E-state index in [1.165, 1.54) is 4.57 Å². The molecule has 5 nitrogen and oxygen atoms in total. The second-order valence-corrected chi connectivity index (χ2v) is 3.60. The lowest BCUT2D eigenvalue weighted by atomic mass is 10.1. The van der Waals surface area contributed by atoms with Gasteiger partial charge in [0.1, 0.15) is 0 Å². The van der Waals surface area contributed by atoms with Gasteiger partial charge in [-0.2, -0.15) is 0 Å². The number of hydrogen-bond donors (Lipinski definition) is 2. The van der Waals surface area contributed by atoms with Crippen molar-refractivity contribution in [3.8, 4) is 5.88 Å². The molecular formula is C9H14N2O3. The highest BCUT2D eigenvalue weighted by molar-refractivity contribution is 5.13. The van der Waals surface area contributed by atoms with Gasteiger partial charge in [-0.15, -0.1) is 0 Å². The van der Waals surface area contributed by atoms with Gasteiger partial charge in [0.05, 0.1) is 0 Å². The number of aryl methyl sites for hydroxylation is 1. The Morgan fingerprint density at radius 3 is 2.64 bits per heavy atom. The van der Waals surface area contributed by atoms with Gasteiger partial charge in [-0.1, -0.05) is 0 Å². The molecule has 5 heteroatoms. The van der Waals surface area contributed by atoms with Crippen LogP contribution in [0, 0.1) is 6.92 Å². The molecule has 0 atom stereocenters. The lowest BCUT2D eigenvalue weighted by Crippen LogP contribution is -2.32. The molecule has 0 amide bonds. The van der Waals surface area contributed by atoms with E-state index in [0.717, 1.165) is 25.9 Å². The first-order valence-corrected chi connectivity index (χ1v) is 4.81. The number of aromatic hydroxyl groups is 1. The van der Waals surface area contributed by atoms with Crippen molar-refractivity contribution in [3.05, 3.63) is 16.3 Å². The van der Waals surface area contributed by atoms with Crippen molar-refractivity contribution < 1.29 is 9.52 Å². The molecule has 1 aromatic rings. The van der Waals surface area contributed by atoms with E-state index < -0.39 is 5.76 Å². The highest BCUT2D eigenvalue weighted by Crippen LogP contribution is 2.24. The molecule has 0 radical (unpaired) electrons. The zero-order chi connectivity index (χ0) is 10.1. The molecule has 2 heterocycles. The minimum atomic E-state index is -0.452. The van der Waals surface area contributed by atoms with Crippen molar-refractivity contribution in [1.82, 2.24) is 9.88 Å². The van der Waals surface area contributed by atoms with Gasteiger partial charge < -0.3 is 14.8 Å². The Kier molecular flexibility index (Phi) is 2.33. The van der Waals surface area contributed by atoms with E-state index in [0.29, 0.717) is 5.76 Å². The maximum atomic E-state index is 11.4. The monoisotopic (exact) mass is 198 g/mol. The minimum absolute atomic E-state index is 0.0260. The molecule has 14 heavy (non-hydrogen) atoms. The first-order chi connectivity index (χ1) is 6.70. The predicted octanol–water partition coefficient (Wildman–Crippen LogP) is 0.380. The van der Waals surface area contributed by atoms with Crippen LogP contribution in [0.2, 0.25) is 0 Å². The zero-order valence-corrected chi connectivity index (χ0v) is 8.12.